The van der Waals surface area contributed by atoms with Crippen LogP contribution in [-0.4, -0.2) is 46.9 Å². The van der Waals surface area contributed by atoms with Crippen molar-refractivity contribution in [2.45, 2.75) is 38.3 Å². The summed E-state index contributed by atoms with van der Waals surface area (Å²) in [7, 11) is 1.79. The number of likely N-dealkylation sites (N-methyl/N-ethyl adjacent to an activating group) is 1. The molecule has 2 aromatic carbocycles. The molecule has 1 aliphatic rings. The van der Waals surface area contributed by atoms with Crippen molar-refractivity contribution < 1.29 is 9.18 Å². The summed E-state index contributed by atoms with van der Waals surface area (Å²) in [6.07, 6.45) is 2.04. The van der Waals surface area contributed by atoms with Crippen LogP contribution in [-0.2, 0) is 11.3 Å². The van der Waals surface area contributed by atoms with Gasteiger partial charge in [-0.2, -0.15) is 0 Å². The summed E-state index contributed by atoms with van der Waals surface area (Å²) in [6.45, 7) is 4.17. The van der Waals surface area contributed by atoms with Gasteiger partial charge in [0, 0.05) is 19.5 Å². The molecular weight excluding hydrogens is 385 g/mol. The highest BCUT2D eigenvalue weighted by Crippen LogP contribution is 2.34. The van der Waals surface area contributed by atoms with Crippen LogP contribution in [0, 0.1) is 5.82 Å². The standard InChI is InChI=1S/C23H26FN3OS/c1-16(23(28)26(2)15-17-6-5-7-19(24)14-17)27-12-10-18(11-13-27)22-25-20-8-3-4-9-21(20)29-22/h3-9,14,16,18H,10-13,15H2,1-2H3/t16-/m1/s1. The van der Waals surface area contributed by atoms with E-state index in [0.29, 0.717) is 12.5 Å². The minimum atomic E-state index is -0.270. The number of hydrogen-bond donors (Lipinski definition) is 0. The van der Waals surface area contributed by atoms with Crippen LogP contribution in [0.5, 0.6) is 0 Å². The quantitative estimate of drug-likeness (QED) is 0.613. The molecule has 0 bridgehead atoms. The number of hydrogen-bond acceptors (Lipinski definition) is 4. The number of nitrogens with zero attached hydrogens (tertiary/aromatic N) is 3. The van der Waals surface area contributed by atoms with Gasteiger partial charge in [-0.3, -0.25) is 9.69 Å². The lowest BCUT2D eigenvalue weighted by molar-refractivity contribution is -0.136. The second-order valence-electron chi connectivity index (χ2n) is 7.83. The van der Waals surface area contributed by atoms with Crippen LogP contribution in [0.15, 0.2) is 48.5 Å². The average Bonchev–Trinajstić information content (AvgIpc) is 3.17. The van der Waals surface area contributed by atoms with Crippen molar-refractivity contribution in [2.24, 2.45) is 0 Å². The van der Waals surface area contributed by atoms with Gasteiger partial charge in [0.2, 0.25) is 5.91 Å². The van der Waals surface area contributed by atoms with E-state index in [1.165, 1.54) is 21.8 Å². The summed E-state index contributed by atoms with van der Waals surface area (Å²) in [5, 5.41) is 1.22. The first-order valence-electron chi connectivity index (χ1n) is 10.1. The molecule has 4 nitrogen and oxygen atoms in total. The second-order valence-corrected chi connectivity index (χ2v) is 8.89. The SMILES string of the molecule is C[C@H](C(=O)N(C)Cc1cccc(F)c1)N1CCC(c2nc3ccccc3s2)CC1. The maximum atomic E-state index is 13.4. The smallest absolute Gasteiger partial charge is 0.239 e. The minimum absolute atomic E-state index is 0.0766. The topological polar surface area (TPSA) is 36.4 Å². The first-order valence-corrected chi connectivity index (χ1v) is 10.9. The number of rotatable bonds is 5. The van der Waals surface area contributed by atoms with Gasteiger partial charge in [0.1, 0.15) is 5.82 Å². The van der Waals surface area contributed by atoms with Gasteiger partial charge in [-0.1, -0.05) is 24.3 Å². The first-order chi connectivity index (χ1) is 14.0. The Kier molecular flexibility index (Phi) is 5.92. The minimum Gasteiger partial charge on any atom is -0.340 e. The summed E-state index contributed by atoms with van der Waals surface area (Å²) in [5.41, 5.74) is 1.89. The van der Waals surface area contributed by atoms with Gasteiger partial charge in [0.25, 0.3) is 0 Å². The molecule has 1 aliphatic heterocycles. The molecule has 1 aromatic heterocycles. The molecule has 1 atom stereocenters. The van der Waals surface area contributed by atoms with Crippen LogP contribution in [0.2, 0.25) is 0 Å². The zero-order valence-corrected chi connectivity index (χ0v) is 17.7. The van der Waals surface area contributed by atoms with E-state index in [1.807, 2.05) is 19.1 Å². The Morgan fingerprint density at radius 3 is 2.72 bits per heavy atom. The number of halogens is 1. The Morgan fingerprint density at radius 2 is 2.00 bits per heavy atom. The molecule has 6 heteroatoms. The Morgan fingerprint density at radius 1 is 1.24 bits per heavy atom. The fourth-order valence-corrected chi connectivity index (χ4v) is 5.20. The zero-order valence-electron chi connectivity index (χ0n) is 16.8. The third-order valence-electron chi connectivity index (χ3n) is 5.78. The lowest BCUT2D eigenvalue weighted by atomic mass is 9.96. The van der Waals surface area contributed by atoms with Crippen molar-refractivity contribution in [3.63, 3.8) is 0 Å². The van der Waals surface area contributed by atoms with Crippen LogP contribution in [0.3, 0.4) is 0 Å². The largest absolute Gasteiger partial charge is 0.340 e. The summed E-state index contributed by atoms with van der Waals surface area (Å²) in [4.78, 5) is 21.7. The van der Waals surface area contributed by atoms with Crippen molar-refractivity contribution >= 4 is 27.5 Å². The van der Waals surface area contributed by atoms with Crippen molar-refractivity contribution in [3.8, 4) is 0 Å². The lowest BCUT2D eigenvalue weighted by Crippen LogP contribution is -2.48. The van der Waals surface area contributed by atoms with E-state index in [4.69, 9.17) is 4.98 Å². The second kappa shape index (κ2) is 8.59. The Labute approximate surface area is 175 Å². The van der Waals surface area contributed by atoms with E-state index in [1.54, 1.807) is 29.4 Å². The van der Waals surface area contributed by atoms with Gasteiger partial charge in [-0.05, 0) is 62.7 Å². The Hall–Kier alpha value is -2.31. The van der Waals surface area contributed by atoms with Gasteiger partial charge >= 0.3 is 0 Å². The maximum Gasteiger partial charge on any atom is 0.239 e. The van der Waals surface area contributed by atoms with Crippen LogP contribution in [0.1, 0.15) is 36.3 Å². The molecule has 1 saturated heterocycles. The van der Waals surface area contributed by atoms with Gasteiger partial charge < -0.3 is 4.90 Å². The molecule has 0 aliphatic carbocycles. The Bertz CT molecular complexity index is 963. The fraction of sp³-hybridized carbons (Fsp3) is 0.391. The van der Waals surface area contributed by atoms with Gasteiger partial charge in [0.15, 0.2) is 0 Å². The highest BCUT2D eigenvalue weighted by Gasteiger charge is 2.30. The molecule has 0 radical (unpaired) electrons. The first kappa shape index (κ1) is 20.0. The number of likely N-dealkylation sites (tertiary alicyclic amines) is 1. The van der Waals surface area contributed by atoms with Crippen molar-refractivity contribution in [1.29, 1.82) is 0 Å². The molecule has 0 saturated carbocycles. The number of para-hydroxylation sites is 1. The summed E-state index contributed by atoms with van der Waals surface area (Å²) in [6, 6.07) is 14.5. The van der Waals surface area contributed by atoms with Gasteiger partial charge in [0.05, 0.1) is 21.3 Å². The molecule has 0 unspecified atom stereocenters. The van der Waals surface area contributed by atoms with Gasteiger partial charge in [-0.15, -0.1) is 11.3 Å². The predicted molar refractivity (Wildman–Crippen MR) is 116 cm³/mol. The fourth-order valence-electron chi connectivity index (χ4n) is 4.06. The number of fused-ring (bicyclic) bond motifs is 1. The number of amides is 1. The third kappa shape index (κ3) is 4.49. The van der Waals surface area contributed by atoms with Crippen molar-refractivity contribution in [2.75, 3.05) is 20.1 Å². The average molecular weight is 412 g/mol. The predicted octanol–water partition coefficient (Wildman–Crippen LogP) is 4.66. The Balaban J connectivity index is 1.34. The number of carbonyl (C=O) groups excluding carboxylic acids is 1. The van der Waals surface area contributed by atoms with E-state index >= 15 is 0 Å². The number of benzene rings is 2. The number of thiazole rings is 1. The zero-order chi connectivity index (χ0) is 20.4. The molecule has 2 heterocycles. The number of aromatic nitrogens is 1. The van der Waals surface area contributed by atoms with Crippen molar-refractivity contribution in [3.05, 3.63) is 64.9 Å². The van der Waals surface area contributed by atoms with E-state index in [2.05, 4.69) is 23.1 Å². The molecule has 4 rings (SSSR count). The summed E-state index contributed by atoms with van der Waals surface area (Å²) >= 11 is 1.79. The van der Waals surface area contributed by atoms with Crippen molar-refractivity contribution in [1.82, 2.24) is 14.8 Å². The molecule has 3 aromatic rings. The van der Waals surface area contributed by atoms with E-state index in [-0.39, 0.29) is 17.8 Å². The molecule has 0 spiro atoms. The monoisotopic (exact) mass is 411 g/mol. The van der Waals surface area contributed by atoms with Crippen LogP contribution < -0.4 is 0 Å². The van der Waals surface area contributed by atoms with Crippen LogP contribution >= 0.6 is 11.3 Å². The third-order valence-corrected chi connectivity index (χ3v) is 6.98. The lowest BCUT2D eigenvalue weighted by Gasteiger charge is -2.36. The highest BCUT2D eigenvalue weighted by molar-refractivity contribution is 7.18. The maximum absolute atomic E-state index is 13.4. The molecule has 1 fully saturated rings. The number of carbonyl (C=O) groups is 1. The van der Waals surface area contributed by atoms with Crippen LogP contribution in [0.4, 0.5) is 4.39 Å². The number of piperidine rings is 1. The molecule has 1 amide bonds. The normalized spacial score (nSPS) is 16.8. The highest BCUT2D eigenvalue weighted by atomic mass is 32.1. The molecular formula is C23H26FN3OS. The van der Waals surface area contributed by atoms with E-state index in [0.717, 1.165) is 37.0 Å². The molecule has 29 heavy (non-hydrogen) atoms. The molecule has 0 N–H and O–H groups in total. The summed E-state index contributed by atoms with van der Waals surface area (Å²) in [5.74, 6) is 0.275. The van der Waals surface area contributed by atoms with Gasteiger partial charge in [-0.25, -0.2) is 9.37 Å². The van der Waals surface area contributed by atoms with E-state index < -0.39 is 0 Å². The summed E-state index contributed by atoms with van der Waals surface area (Å²) < 4.78 is 14.6. The van der Waals surface area contributed by atoms with E-state index in [9.17, 15) is 9.18 Å². The van der Waals surface area contributed by atoms with Crippen LogP contribution in [0.25, 0.3) is 10.2 Å². The molecule has 152 valence electrons.